The van der Waals surface area contributed by atoms with Gasteiger partial charge in [-0.15, -0.1) is 10.2 Å². The average molecular weight is 267 g/mol. The predicted octanol–water partition coefficient (Wildman–Crippen LogP) is 4.03. The quantitative estimate of drug-likeness (QED) is 0.615. The molecule has 0 bridgehead atoms. The number of aryl methyl sites for hydroxylation is 1. The molecule has 1 unspecified atom stereocenters. The Bertz CT molecular complexity index is 325. The van der Waals surface area contributed by atoms with Crippen LogP contribution in [0.1, 0.15) is 83.5 Å². The highest BCUT2D eigenvalue weighted by Gasteiger charge is 2.15. The number of hydrogen-bond donors (Lipinski definition) is 1. The van der Waals surface area contributed by atoms with Gasteiger partial charge in [0.2, 0.25) is 11.8 Å². The van der Waals surface area contributed by atoms with E-state index < -0.39 is 0 Å². The normalized spacial score (nSPS) is 12.8. The van der Waals surface area contributed by atoms with Crippen LogP contribution in [0, 0.1) is 0 Å². The molecule has 0 fully saturated rings. The molecule has 1 N–H and O–H groups in total. The molecule has 1 aromatic heterocycles. The van der Waals surface area contributed by atoms with Crippen LogP contribution in [0.4, 0.5) is 0 Å². The van der Waals surface area contributed by atoms with Crippen molar-refractivity contribution < 1.29 is 4.42 Å². The molecule has 4 nitrogen and oxygen atoms in total. The van der Waals surface area contributed by atoms with Crippen LogP contribution in [-0.4, -0.2) is 16.7 Å². The lowest BCUT2D eigenvalue weighted by atomic mass is 10.1. The van der Waals surface area contributed by atoms with Gasteiger partial charge in [-0.25, -0.2) is 0 Å². The number of rotatable bonds is 11. The zero-order valence-corrected chi connectivity index (χ0v) is 12.7. The Kier molecular flexibility index (Phi) is 8.47. The minimum Gasteiger partial charge on any atom is -0.424 e. The van der Waals surface area contributed by atoms with E-state index in [-0.39, 0.29) is 6.04 Å². The van der Waals surface area contributed by atoms with E-state index in [1.165, 1.54) is 25.7 Å². The fourth-order valence-corrected chi connectivity index (χ4v) is 2.11. The molecular weight excluding hydrogens is 238 g/mol. The first-order valence-corrected chi connectivity index (χ1v) is 7.87. The molecule has 0 spiro atoms. The summed E-state index contributed by atoms with van der Waals surface area (Å²) in [6.45, 7) is 7.53. The molecule has 0 radical (unpaired) electrons. The van der Waals surface area contributed by atoms with Gasteiger partial charge in [-0.2, -0.15) is 0 Å². The molecule has 0 amide bonds. The largest absolute Gasteiger partial charge is 0.424 e. The Hall–Kier alpha value is -0.900. The van der Waals surface area contributed by atoms with Crippen LogP contribution in [0.3, 0.4) is 0 Å². The van der Waals surface area contributed by atoms with Crippen molar-refractivity contribution in [2.75, 3.05) is 6.54 Å². The number of nitrogens with one attached hydrogen (secondary N) is 1. The van der Waals surface area contributed by atoms with Gasteiger partial charge in [0.05, 0.1) is 6.04 Å². The van der Waals surface area contributed by atoms with Crippen LogP contribution in [0.5, 0.6) is 0 Å². The summed E-state index contributed by atoms with van der Waals surface area (Å²) in [7, 11) is 0. The Balaban J connectivity index is 2.33. The van der Waals surface area contributed by atoms with Gasteiger partial charge >= 0.3 is 0 Å². The van der Waals surface area contributed by atoms with Gasteiger partial charge < -0.3 is 9.73 Å². The van der Waals surface area contributed by atoms with Gasteiger partial charge in [-0.3, -0.25) is 0 Å². The topological polar surface area (TPSA) is 51.0 Å². The van der Waals surface area contributed by atoms with E-state index in [1.54, 1.807) is 0 Å². The molecule has 0 saturated carbocycles. The SMILES string of the molecule is CCCCCCCc1nnc(C(CC)NCCC)o1. The van der Waals surface area contributed by atoms with Crippen molar-refractivity contribution in [2.24, 2.45) is 0 Å². The van der Waals surface area contributed by atoms with E-state index in [9.17, 15) is 0 Å². The van der Waals surface area contributed by atoms with Crippen LogP contribution >= 0.6 is 0 Å². The lowest BCUT2D eigenvalue weighted by Crippen LogP contribution is -2.21. The molecule has 0 aliphatic rings. The molecule has 1 heterocycles. The summed E-state index contributed by atoms with van der Waals surface area (Å²) in [5.41, 5.74) is 0. The summed E-state index contributed by atoms with van der Waals surface area (Å²) in [6.07, 6.45) is 9.36. The third-order valence-corrected chi connectivity index (χ3v) is 3.32. The molecule has 0 saturated heterocycles. The zero-order chi connectivity index (χ0) is 13.9. The van der Waals surface area contributed by atoms with E-state index in [2.05, 4.69) is 36.3 Å². The Morgan fingerprint density at radius 1 is 1.00 bits per heavy atom. The molecule has 19 heavy (non-hydrogen) atoms. The first-order valence-electron chi connectivity index (χ1n) is 7.87. The minimum atomic E-state index is 0.210. The first kappa shape index (κ1) is 16.2. The second kappa shape index (κ2) is 9.96. The van der Waals surface area contributed by atoms with Crippen LogP contribution in [0.2, 0.25) is 0 Å². The molecule has 1 atom stereocenters. The molecule has 110 valence electrons. The first-order chi connectivity index (χ1) is 9.31. The smallest absolute Gasteiger partial charge is 0.233 e. The maximum Gasteiger partial charge on any atom is 0.233 e. The van der Waals surface area contributed by atoms with Gasteiger partial charge in [0.25, 0.3) is 0 Å². The standard InChI is InChI=1S/C15H29N3O/c1-4-7-8-9-10-11-14-17-18-15(19-14)13(6-3)16-12-5-2/h13,16H,4-12H2,1-3H3. The highest BCUT2D eigenvalue weighted by atomic mass is 16.4. The van der Waals surface area contributed by atoms with Crippen molar-refractivity contribution in [2.45, 2.75) is 78.2 Å². The summed E-state index contributed by atoms with van der Waals surface area (Å²) >= 11 is 0. The Labute approximate surface area is 117 Å². The summed E-state index contributed by atoms with van der Waals surface area (Å²) in [4.78, 5) is 0. The summed E-state index contributed by atoms with van der Waals surface area (Å²) < 4.78 is 5.76. The summed E-state index contributed by atoms with van der Waals surface area (Å²) in [5, 5.41) is 11.8. The molecule has 0 aliphatic carbocycles. The Morgan fingerprint density at radius 3 is 2.47 bits per heavy atom. The Morgan fingerprint density at radius 2 is 1.79 bits per heavy atom. The van der Waals surface area contributed by atoms with Crippen LogP contribution in [0.15, 0.2) is 4.42 Å². The van der Waals surface area contributed by atoms with Gasteiger partial charge in [-0.1, -0.05) is 46.5 Å². The van der Waals surface area contributed by atoms with E-state index in [0.29, 0.717) is 0 Å². The fraction of sp³-hybridized carbons (Fsp3) is 0.867. The number of hydrogen-bond acceptors (Lipinski definition) is 4. The monoisotopic (exact) mass is 267 g/mol. The third kappa shape index (κ3) is 6.19. The maximum absolute atomic E-state index is 5.76. The maximum atomic E-state index is 5.76. The predicted molar refractivity (Wildman–Crippen MR) is 78.1 cm³/mol. The molecule has 0 aliphatic heterocycles. The van der Waals surface area contributed by atoms with Crippen LogP contribution < -0.4 is 5.32 Å². The van der Waals surface area contributed by atoms with Crippen molar-refractivity contribution in [3.8, 4) is 0 Å². The van der Waals surface area contributed by atoms with Crippen LogP contribution in [0.25, 0.3) is 0 Å². The highest BCUT2D eigenvalue weighted by Crippen LogP contribution is 2.16. The third-order valence-electron chi connectivity index (χ3n) is 3.32. The molecule has 0 aromatic carbocycles. The minimum absolute atomic E-state index is 0.210. The molecular formula is C15H29N3O. The summed E-state index contributed by atoms with van der Waals surface area (Å²) in [5.74, 6) is 1.54. The van der Waals surface area contributed by atoms with Gasteiger partial charge in [-0.05, 0) is 25.8 Å². The van der Waals surface area contributed by atoms with E-state index in [4.69, 9.17) is 4.42 Å². The van der Waals surface area contributed by atoms with Crippen molar-refractivity contribution in [1.82, 2.24) is 15.5 Å². The average Bonchev–Trinajstić information content (AvgIpc) is 2.88. The second-order valence-electron chi connectivity index (χ2n) is 5.11. The number of aromatic nitrogens is 2. The zero-order valence-electron chi connectivity index (χ0n) is 12.7. The van der Waals surface area contributed by atoms with Gasteiger partial charge in [0, 0.05) is 6.42 Å². The van der Waals surface area contributed by atoms with Crippen molar-refractivity contribution >= 4 is 0 Å². The number of nitrogens with zero attached hydrogens (tertiary/aromatic N) is 2. The molecule has 4 heteroatoms. The highest BCUT2D eigenvalue weighted by molar-refractivity contribution is 4.89. The lowest BCUT2D eigenvalue weighted by Gasteiger charge is -2.11. The van der Waals surface area contributed by atoms with Crippen molar-refractivity contribution in [1.29, 1.82) is 0 Å². The molecule has 1 aromatic rings. The van der Waals surface area contributed by atoms with Gasteiger partial charge in [0.1, 0.15) is 0 Å². The van der Waals surface area contributed by atoms with E-state index in [0.717, 1.165) is 44.0 Å². The van der Waals surface area contributed by atoms with Crippen molar-refractivity contribution in [3.05, 3.63) is 11.8 Å². The molecule has 1 rings (SSSR count). The van der Waals surface area contributed by atoms with E-state index >= 15 is 0 Å². The van der Waals surface area contributed by atoms with Crippen LogP contribution in [-0.2, 0) is 6.42 Å². The summed E-state index contributed by atoms with van der Waals surface area (Å²) in [6, 6.07) is 0.210. The number of unbranched alkanes of at least 4 members (excludes halogenated alkanes) is 4. The van der Waals surface area contributed by atoms with Gasteiger partial charge in [0.15, 0.2) is 0 Å². The fourth-order valence-electron chi connectivity index (χ4n) is 2.11. The van der Waals surface area contributed by atoms with Crippen molar-refractivity contribution in [3.63, 3.8) is 0 Å². The lowest BCUT2D eigenvalue weighted by molar-refractivity contribution is 0.370. The second-order valence-corrected chi connectivity index (χ2v) is 5.11. The van der Waals surface area contributed by atoms with E-state index in [1.807, 2.05) is 0 Å².